The smallest absolute Gasteiger partial charge is 0.380 e. The number of nitrogens with one attached hydrogen (secondary N) is 2. The Morgan fingerprint density at radius 3 is 2.84 bits per heavy atom. The number of fused-ring (bicyclic) bond motifs is 2. The molecule has 0 saturated heterocycles. The number of hydrogen-bond acceptors (Lipinski definition) is 4. The van der Waals surface area contributed by atoms with E-state index in [0.29, 0.717) is 23.0 Å². The van der Waals surface area contributed by atoms with E-state index in [1.807, 2.05) is 6.07 Å². The molecule has 194 valence electrons. The summed E-state index contributed by atoms with van der Waals surface area (Å²) in [6.45, 7) is 0.00834. The molecule has 3 aliphatic rings. The number of thioether (sulfide) groups is 1. The zero-order chi connectivity index (χ0) is 25.7. The summed E-state index contributed by atoms with van der Waals surface area (Å²) in [7, 11) is 1.71. The molecule has 3 fully saturated rings. The fourth-order valence-corrected chi connectivity index (χ4v) is 7.30. The second-order valence-corrected chi connectivity index (χ2v) is 11.5. The van der Waals surface area contributed by atoms with Crippen molar-refractivity contribution in [2.75, 3.05) is 11.9 Å². The summed E-state index contributed by atoms with van der Waals surface area (Å²) in [4.78, 5) is 12.2. The molecule has 37 heavy (non-hydrogen) atoms. The number of halogens is 3. The van der Waals surface area contributed by atoms with E-state index in [9.17, 15) is 18.0 Å². The molecule has 0 radical (unpaired) electrons. The van der Waals surface area contributed by atoms with Crippen molar-refractivity contribution < 1.29 is 18.0 Å². The van der Waals surface area contributed by atoms with Crippen LogP contribution in [0.2, 0.25) is 0 Å². The van der Waals surface area contributed by atoms with Gasteiger partial charge in [0.1, 0.15) is 5.03 Å². The minimum Gasteiger partial charge on any atom is -0.380 e. The Balaban J connectivity index is 1.25. The summed E-state index contributed by atoms with van der Waals surface area (Å²) in [5, 5.41) is 10.4. The molecule has 3 aromatic rings. The third-order valence-corrected chi connectivity index (χ3v) is 9.10. The quantitative estimate of drug-likeness (QED) is 0.349. The number of pyridine rings is 1. The van der Waals surface area contributed by atoms with E-state index in [2.05, 4.69) is 27.6 Å². The lowest BCUT2D eigenvalue weighted by molar-refractivity contribution is -0.0329. The highest BCUT2D eigenvalue weighted by Crippen LogP contribution is 2.58. The van der Waals surface area contributed by atoms with Crippen molar-refractivity contribution in [2.45, 2.75) is 48.7 Å². The Labute approximate surface area is 217 Å². The maximum Gasteiger partial charge on any atom is 0.447 e. The summed E-state index contributed by atoms with van der Waals surface area (Å²) in [6, 6.07) is 5.79. The molecule has 3 heterocycles. The molecular weight excluding hydrogens is 499 g/mol. The zero-order valence-electron chi connectivity index (χ0n) is 20.4. The fourth-order valence-electron chi connectivity index (χ4n) is 6.60. The predicted octanol–water partition coefficient (Wildman–Crippen LogP) is 5.30. The molecule has 2 bridgehead atoms. The van der Waals surface area contributed by atoms with Gasteiger partial charge in [-0.3, -0.25) is 9.48 Å². The average molecular weight is 528 g/mol. The van der Waals surface area contributed by atoms with Gasteiger partial charge < -0.3 is 15.0 Å². The molecule has 1 amide bonds. The largest absolute Gasteiger partial charge is 0.447 e. The van der Waals surface area contributed by atoms with Gasteiger partial charge in [-0.2, -0.15) is 18.3 Å². The third-order valence-electron chi connectivity index (χ3n) is 8.26. The predicted molar refractivity (Wildman–Crippen MR) is 136 cm³/mol. The van der Waals surface area contributed by atoms with Crippen LogP contribution in [0.3, 0.4) is 0 Å². The first-order chi connectivity index (χ1) is 17.7. The highest BCUT2D eigenvalue weighted by molar-refractivity contribution is 8.00. The molecular formula is C27H28F3N5OS. The maximum absolute atomic E-state index is 13.5. The Hall–Kier alpha value is -3.06. The number of carbonyl (C=O) groups is 1. The number of amides is 1. The van der Waals surface area contributed by atoms with Crippen molar-refractivity contribution in [1.82, 2.24) is 19.5 Å². The van der Waals surface area contributed by atoms with Gasteiger partial charge in [0.2, 0.25) is 0 Å². The number of aryl methyl sites for hydroxylation is 1. The van der Waals surface area contributed by atoms with Crippen molar-refractivity contribution in [1.29, 1.82) is 0 Å². The number of hydrogen-bond donors (Lipinski definition) is 2. The first-order valence-electron chi connectivity index (χ1n) is 12.7. The topological polar surface area (TPSA) is 63.4 Å². The first-order valence-corrected chi connectivity index (χ1v) is 13.5. The summed E-state index contributed by atoms with van der Waals surface area (Å²) in [5.74, 6) is 8.59. The minimum atomic E-state index is -4.45. The van der Waals surface area contributed by atoms with Crippen LogP contribution in [0.25, 0.3) is 5.52 Å². The van der Waals surface area contributed by atoms with Gasteiger partial charge in [-0.15, -0.1) is 0 Å². The van der Waals surface area contributed by atoms with Gasteiger partial charge >= 0.3 is 5.51 Å². The molecule has 6 nitrogen and oxygen atoms in total. The van der Waals surface area contributed by atoms with Crippen LogP contribution in [-0.4, -0.2) is 38.2 Å². The van der Waals surface area contributed by atoms with Crippen LogP contribution in [0, 0.1) is 35.5 Å². The number of carbonyl (C=O) groups excluding carboxylic acids is 1. The molecule has 5 atom stereocenters. The lowest BCUT2D eigenvalue weighted by atomic mass is 9.65. The highest BCUT2D eigenvalue weighted by atomic mass is 32.2. The van der Waals surface area contributed by atoms with Gasteiger partial charge in [0, 0.05) is 37.2 Å². The van der Waals surface area contributed by atoms with Gasteiger partial charge in [0.25, 0.3) is 5.91 Å². The second-order valence-electron chi connectivity index (χ2n) is 10.5. The monoisotopic (exact) mass is 527 g/mol. The van der Waals surface area contributed by atoms with Crippen molar-refractivity contribution >= 4 is 28.9 Å². The van der Waals surface area contributed by atoms with Gasteiger partial charge in [0.15, 0.2) is 0 Å². The second kappa shape index (κ2) is 9.35. The van der Waals surface area contributed by atoms with Crippen LogP contribution in [0.1, 0.15) is 48.0 Å². The molecule has 3 aromatic heterocycles. The number of anilines is 1. The molecule has 2 N–H and O–H groups in total. The molecule has 3 saturated carbocycles. The van der Waals surface area contributed by atoms with E-state index < -0.39 is 5.51 Å². The molecule has 0 spiro atoms. The van der Waals surface area contributed by atoms with Crippen molar-refractivity contribution in [3.05, 3.63) is 47.9 Å². The first kappa shape index (κ1) is 24.3. The molecule has 10 heteroatoms. The standard InChI is InChI=1S/C27H28F3N5OS/c1-34-15-20(14-32-34)25(36)31-8-2-4-17-13-24-23(5-3-9-35(24)26(17)37-27(28,29)30)33-22-7-6-16-10-18-11-19(22)12-21(16)18/h3,5,9,13-16,18-19,21-22,33H,6-8,10-12H2,1H3,(H,31,36)/t16-,18?,19+,21?,22-/m1/s1. The SMILES string of the molecule is Cn1cc(C(=O)NCC#Cc2cc3c(N[C@@H]4CC[C@@H]5CC6C[C@H]4CC65)cccn3c2SC(F)(F)F)cn1. The fraction of sp³-hybridized carbons (Fsp3) is 0.481. The van der Waals surface area contributed by atoms with Crippen LogP contribution in [-0.2, 0) is 7.05 Å². The van der Waals surface area contributed by atoms with E-state index >= 15 is 0 Å². The average Bonchev–Trinajstić information content (AvgIpc) is 3.48. The van der Waals surface area contributed by atoms with Crippen LogP contribution < -0.4 is 10.6 Å². The van der Waals surface area contributed by atoms with Crippen LogP contribution >= 0.6 is 11.8 Å². The van der Waals surface area contributed by atoms with Crippen LogP contribution in [0.5, 0.6) is 0 Å². The van der Waals surface area contributed by atoms with E-state index in [1.165, 1.54) is 36.6 Å². The number of alkyl halides is 3. The van der Waals surface area contributed by atoms with E-state index in [0.717, 1.165) is 29.9 Å². The summed E-state index contributed by atoms with van der Waals surface area (Å²) in [5.41, 5.74) is -2.25. The number of rotatable bonds is 5. The van der Waals surface area contributed by atoms with E-state index in [4.69, 9.17) is 0 Å². The van der Waals surface area contributed by atoms with Gasteiger partial charge in [0.05, 0.1) is 35.1 Å². The molecule has 0 aliphatic heterocycles. The van der Waals surface area contributed by atoms with Crippen molar-refractivity contribution in [3.63, 3.8) is 0 Å². The van der Waals surface area contributed by atoms with Gasteiger partial charge in [-0.05, 0) is 74.0 Å². The zero-order valence-corrected chi connectivity index (χ0v) is 21.2. The van der Waals surface area contributed by atoms with Crippen molar-refractivity contribution in [2.24, 2.45) is 30.7 Å². The van der Waals surface area contributed by atoms with Crippen LogP contribution in [0.4, 0.5) is 18.9 Å². The van der Waals surface area contributed by atoms with E-state index in [-0.39, 0.29) is 34.8 Å². The van der Waals surface area contributed by atoms with Gasteiger partial charge in [-0.1, -0.05) is 11.8 Å². The number of aromatic nitrogens is 3. The summed E-state index contributed by atoms with van der Waals surface area (Å²) < 4.78 is 43.6. The minimum absolute atomic E-state index is 0.00834. The lowest BCUT2D eigenvalue weighted by Gasteiger charge is -2.41. The number of nitrogens with zero attached hydrogens (tertiary/aromatic N) is 3. The Kier molecular flexibility index (Phi) is 6.14. The lowest BCUT2D eigenvalue weighted by Crippen LogP contribution is -2.34. The Morgan fingerprint density at radius 2 is 2.05 bits per heavy atom. The summed E-state index contributed by atoms with van der Waals surface area (Å²) >= 11 is -0.162. The Bertz CT molecular complexity index is 1400. The molecule has 0 aromatic carbocycles. The maximum atomic E-state index is 13.5. The van der Waals surface area contributed by atoms with E-state index in [1.54, 1.807) is 36.0 Å². The summed E-state index contributed by atoms with van der Waals surface area (Å²) in [6.07, 6.45) is 10.9. The van der Waals surface area contributed by atoms with Crippen molar-refractivity contribution in [3.8, 4) is 11.8 Å². The van der Waals surface area contributed by atoms with Crippen LogP contribution in [0.15, 0.2) is 41.8 Å². The normalized spacial score (nSPS) is 26.2. The third kappa shape index (κ3) is 4.81. The van der Waals surface area contributed by atoms with Gasteiger partial charge in [-0.25, -0.2) is 0 Å². The highest BCUT2D eigenvalue weighted by Gasteiger charge is 2.51. The molecule has 2 unspecified atom stereocenters. The Morgan fingerprint density at radius 1 is 1.22 bits per heavy atom. The molecule has 3 aliphatic carbocycles. The molecule has 6 rings (SSSR count).